The lowest BCUT2D eigenvalue weighted by Crippen LogP contribution is -2.37. The molecule has 1 atom stereocenters. The van der Waals surface area contributed by atoms with E-state index in [-0.39, 0.29) is 5.56 Å². The molecule has 1 fully saturated rings. The average Bonchev–Trinajstić information content (AvgIpc) is 2.39. The van der Waals surface area contributed by atoms with Crippen LogP contribution in [-0.4, -0.2) is 40.2 Å². The predicted octanol–water partition coefficient (Wildman–Crippen LogP) is 1.42. The summed E-state index contributed by atoms with van der Waals surface area (Å²) in [4.78, 5) is 25.2. The van der Waals surface area contributed by atoms with Crippen molar-refractivity contribution in [3.8, 4) is 0 Å². The Morgan fingerprint density at radius 1 is 1.47 bits per heavy atom. The summed E-state index contributed by atoms with van der Waals surface area (Å²) in [5.74, 6) is -1.16. The Balaban J connectivity index is 2.05. The molecule has 1 saturated heterocycles. The van der Waals surface area contributed by atoms with E-state index >= 15 is 0 Å². The third-order valence-electron chi connectivity index (χ3n) is 3.88. The van der Waals surface area contributed by atoms with E-state index in [0.717, 1.165) is 19.4 Å². The van der Waals surface area contributed by atoms with Crippen LogP contribution < -0.4 is 5.56 Å². The number of piperidine rings is 1. The highest BCUT2D eigenvalue weighted by Crippen LogP contribution is 2.18. The van der Waals surface area contributed by atoms with Crippen LogP contribution in [0.1, 0.15) is 36.0 Å². The maximum absolute atomic E-state index is 11.9. The molecule has 2 rings (SSSR count). The molecule has 5 nitrogen and oxygen atoms in total. The standard InChI is InChI=1S/C14H20N2O3/c1-15-8-3-2-5-11(15)7-10-16-9-4-6-12(13(16)17)14(18)19/h4,6,9,11H,2-3,5,7-8,10H2,1H3,(H,18,19). The van der Waals surface area contributed by atoms with Crippen LogP contribution in [0.2, 0.25) is 0 Å². The van der Waals surface area contributed by atoms with Crippen LogP contribution in [0, 0.1) is 0 Å². The van der Waals surface area contributed by atoms with E-state index in [9.17, 15) is 9.59 Å². The Kier molecular flexibility index (Phi) is 4.37. The van der Waals surface area contributed by atoms with Gasteiger partial charge in [-0.15, -0.1) is 0 Å². The highest BCUT2D eigenvalue weighted by molar-refractivity contribution is 5.86. The van der Waals surface area contributed by atoms with E-state index < -0.39 is 11.5 Å². The van der Waals surface area contributed by atoms with Crippen molar-refractivity contribution in [2.75, 3.05) is 13.6 Å². The molecule has 1 aliphatic heterocycles. The molecule has 0 amide bonds. The van der Waals surface area contributed by atoms with Crippen molar-refractivity contribution in [1.29, 1.82) is 0 Å². The molecular formula is C14H20N2O3. The minimum Gasteiger partial charge on any atom is -0.477 e. The monoisotopic (exact) mass is 264 g/mol. The Morgan fingerprint density at radius 3 is 2.95 bits per heavy atom. The number of likely N-dealkylation sites (tertiary alicyclic amines) is 1. The van der Waals surface area contributed by atoms with Gasteiger partial charge in [0.25, 0.3) is 5.56 Å². The van der Waals surface area contributed by atoms with Crippen LogP contribution in [0.5, 0.6) is 0 Å². The number of hydrogen-bond donors (Lipinski definition) is 1. The van der Waals surface area contributed by atoms with Crippen molar-refractivity contribution in [2.24, 2.45) is 0 Å². The maximum atomic E-state index is 11.9. The van der Waals surface area contributed by atoms with Gasteiger partial charge in [-0.1, -0.05) is 6.42 Å². The van der Waals surface area contributed by atoms with Crippen LogP contribution >= 0.6 is 0 Å². The summed E-state index contributed by atoms with van der Waals surface area (Å²) in [6.07, 6.45) is 6.18. The summed E-state index contributed by atoms with van der Waals surface area (Å²) in [6.45, 7) is 1.68. The molecule has 1 aromatic rings. The molecule has 1 aromatic heterocycles. The molecule has 1 unspecified atom stereocenters. The van der Waals surface area contributed by atoms with Gasteiger partial charge in [-0.3, -0.25) is 4.79 Å². The second-order valence-corrected chi connectivity index (χ2v) is 5.14. The van der Waals surface area contributed by atoms with Gasteiger partial charge >= 0.3 is 5.97 Å². The molecule has 0 aromatic carbocycles. The summed E-state index contributed by atoms with van der Waals surface area (Å²) in [7, 11) is 2.11. The van der Waals surface area contributed by atoms with Crippen LogP contribution in [0.15, 0.2) is 23.1 Å². The van der Waals surface area contributed by atoms with Crippen LogP contribution in [-0.2, 0) is 6.54 Å². The average molecular weight is 264 g/mol. The molecule has 19 heavy (non-hydrogen) atoms. The van der Waals surface area contributed by atoms with Crippen molar-refractivity contribution in [1.82, 2.24) is 9.47 Å². The zero-order chi connectivity index (χ0) is 13.8. The first-order valence-electron chi connectivity index (χ1n) is 6.72. The number of carboxylic acids is 1. The van der Waals surface area contributed by atoms with Crippen molar-refractivity contribution >= 4 is 5.97 Å². The Labute approximate surface area is 112 Å². The molecule has 5 heteroatoms. The highest BCUT2D eigenvalue weighted by Gasteiger charge is 2.19. The van der Waals surface area contributed by atoms with E-state index in [4.69, 9.17) is 5.11 Å². The lowest BCUT2D eigenvalue weighted by Gasteiger charge is -2.32. The molecule has 0 saturated carbocycles. The van der Waals surface area contributed by atoms with Gasteiger partial charge in [-0.25, -0.2) is 4.79 Å². The number of carboxylic acid groups (broad SMARTS) is 1. The third-order valence-corrected chi connectivity index (χ3v) is 3.88. The van der Waals surface area contributed by atoms with E-state index in [1.807, 2.05) is 0 Å². The largest absolute Gasteiger partial charge is 0.477 e. The summed E-state index contributed by atoms with van der Waals surface area (Å²) < 4.78 is 1.51. The first-order chi connectivity index (χ1) is 9.09. The van der Waals surface area contributed by atoms with Gasteiger partial charge in [-0.2, -0.15) is 0 Å². The van der Waals surface area contributed by atoms with Gasteiger partial charge in [0, 0.05) is 18.8 Å². The van der Waals surface area contributed by atoms with Gasteiger partial charge < -0.3 is 14.6 Å². The van der Waals surface area contributed by atoms with Crippen LogP contribution in [0.25, 0.3) is 0 Å². The fourth-order valence-electron chi connectivity index (χ4n) is 2.67. The van der Waals surface area contributed by atoms with Crippen LogP contribution in [0.4, 0.5) is 0 Å². The first-order valence-corrected chi connectivity index (χ1v) is 6.72. The fourth-order valence-corrected chi connectivity index (χ4v) is 2.67. The molecule has 0 bridgehead atoms. The van der Waals surface area contributed by atoms with Crippen molar-refractivity contribution in [2.45, 2.75) is 38.3 Å². The maximum Gasteiger partial charge on any atom is 0.341 e. The quantitative estimate of drug-likeness (QED) is 0.893. The number of aryl methyl sites for hydroxylation is 1. The Hall–Kier alpha value is -1.62. The minimum atomic E-state index is -1.16. The lowest BCUT2D eigenvalue weighted by molar-refractivity contribution is 0.0694. The second-order valence-electron chi connectivity index (χ2n) is 5.14. The molecule has 0 radical (unpaired) electrons. The number of rotatable bonds is 4. The number of aromatic carboxylic acids is 1. The summed E-state index contributed by atoms with van der Waals surface area (Å²) in [5.41, 5.74) is -0.562. The van der Waals surface area contributed by atoms with E-state index in [1.165, 1.54) is 23.5 Å². The summed E-state index contributed by atoms with van der Waals surface area (Å²) >= 11 is 0. The van der Waals surface area contributed by atoms with Gasteiger partial charge in [0.15, 0.2) is 0 Å². The summed E-state index contributed by atoms with van der Waals surface area (Å²) in [6, 6.07) is 3.47. The lowest BCUT2D eigenvalue weighted by atomic mass is 10.00. The predicted molar refractivity (Wildman–Crippen MR) is 72.5 cm³/mol. The molecule has 104 valence electrons. The van der Waals surface area contributed by atoms with E-state index in [2.05, 4.69) is 11.9 Å². The molecule has 1 aliphatic rings. The van der Waals surface area contributed by atoms with Gasteiger partial charge in [-0.05, 0) is 45.0 Å². The SMILES string of the molecule is CN1CCCCC1CCn1cccc(C(=O)O)c1=O. The molecule has 0 spiro atoms. The molecule has 0 aliphatic carbocycles. The molecule has 2 heterocycles. The van der Waals surface area contributed by atoms with Crippen molar-refractivity contribution < 1.29 is 9.90 Å². The topological polar surface area (TPSA) is 62.5 Å². The summed E-state index contributed by atoms with van der Waals surface area (Å²) in [5, 5.41) is 8.93. The van der Waals surface area contributed by atoms with Gasteiger partial charge in [0.05, 0.1) is 0 Å². The Morgan fingerprint density at radius 2 is 2.26 bits per heavy atom. The van der Waals surface area contributed by atoms with Gasteiger partial charge in [0.2, 0.25) is 0 Å². The smallest absolute Gasteiger partial charge is 0.341 e. The van der Waals surface area contributed by atoms with Gasteiger partial charge in [0.1, 0.15) is 5.56 Å². The number of aromatic nitrogens is 1. The first kappa shape index (κ1) is 13.8. The zero-order valence-corrected chi connectivity index (χ0v) is 11.2. The number of pyridine rings is 1. The zero-order valence-electron chi connectivity index (χ0n) is 11.2. The second kappa shape index (κ2) is 6.02. The highest BCUT2D eigenvalue weighted by atomic mass is 16.4. The van der Waals surface area contributed by atoms with Crippen molar-refractivity contribution in [3.05, 3.63) is 34.2 Å². The molecular weight excluding hydrogens is 244 g/mol. The fraction of sp³-hybridized carbons (Fsp3) is 0.571. The number of carbonyl (C=O) groups is 1. The van der Waals surface area contributed by atoms with Crippen molar-refractivity contribution in [3.63, 3.8) is 0 Å². The number of nitrogens with zero attached hydrogens (tertiary/aromatic N) is 2. The van der Waals surface area contributed by atoms with E-state index in [0.29, 0.717) is 12.6 Å². The third kappa shape index (κ3) is 3.23. The van der Waals surface area contributed by atoms with Crippen LogP contribution in [0.3, 0.4) is 0 Å². The normalized spacial score (nSPS) is 20.4. The molecule has 1 N–H and O–H groups in total. The Bertz CT molecular complexity index is 510. The minimum absolute atomic E-state index is 0.153. The number of hydrogen-bond acceptors (Lipinski definition) is 3. The van der Waals surface area contributed by atoms with E-state index in [1.54, 1.807) is 12.3 Å².